The summed E-state index contributed by atoms with van der Waals surface area (Å²) < 4.78 is 5.38. The monoisotopic (exact) mass is 703 g/mol. The third kappa shape index (κ3) is 12.3. The summed E-state index contributed by atoms with van der Waals surface area (Å²) in [7, 11) is 2.67. The molecule has 0 saturated carbocycles. The number of methoxy groups -OCH3 is 1. The molecule has 0 aromatic heterocycles. The topological polar surface area (TPSA) is 247 Å². The largest absolute Gasteiger partial charge is 0.495 e. The molecule has 7 N–H and O–H groups in total. The molecule has 17 heteroatoms. The number of carboxylic acid groups (broad SMARTS) is 1. The first-order valence-electron chi connectivity index (χ1n) is 16.5. The zero-order valence-electron chi connectivity index (χ0n) is 29.2. The fraction of sp³-hybridized carbons (Fsp3) is 0.576. The van der Waals surface area contributed by atoms with Gasteiger partial charge in [0.2, 0.25) is 29.5 Å². The number of nitrogens with two attached hydrogens (primary N) is 1. The Hall–Kier alpha value is -5.22. The van der Waals surface area contributed by atoms with Crippen LogP contribution in [-0.2, 0) is 28.8 Å². The van der Waals surface area contributed by atoms with E-state index in [9.17, 15) is 43.5 Å². The van der Waals surface area contributed by atoms with Gasteiger partial charge in [0.25, 0.3) is 5.91 Å². The molecule has 0 spiro atoms. The van der Waals surface area contributed by atoms with Gasteiger partial charge in [-0.3, -0.25) is 33.7 Å². The second kappa shape index (κ2) is 19.7. The smallest absolute Gasteiger partial charge is 0.326 e. The Morgan fingerprint density at radius 2 is 1.62 bits per heavy atom. The number of carbonyl (C=O) groups excluding carboxylic acids is 7. The van der Waals surface area contributed by atoms with Gasteiger partial charge in [-0.25, -0.2) is 9.59 Å². The van der Waals surface area contributed by atoms with Crippen molar-refractivity contribution in [2.24, 2.45) is 11.7 Å². The van der Waals surface area contributed by atoms with Crippen LogP contribution in [0.15, 0.2) is 18.2 Å². The Balaban J connectivity index is 2.09. The maximum Gasteiger partial charge on any atom is 0.326 e. The highest BCUT2D eigenvalue weighted by atomic mass is 16.5. The molecule has 0 aliphatic carbocycles. The third-order valence-corrected chi connectivity index (χ3v) is 8.27. The van der Waals surface area contributed by atoms with Gasteiger partial charge in [-0.1, -0.05) is 20.3 Å². The molecule has 1 aliphatic rings. The number of carboxylic acids is 1. The van der Waals surface area contributed by atoms with Crippen molar-refractivity contribution in [1.29, 1.82) is 0 Å². The van der Waals surface area contributed by atoms with Crippen LogP contribution in [0, 0.1) is 5.92 Å². The van der Waals surface area contributed by atoms with Crippen molar-refractivity contribution in [1.82, 2.24) is 25.8 Å². The molecule has 0 bridgehead atoms. The van der Waals surface area contributed by atoms with Crippen LogP contribution < -0.4 is 31.7 Å². The first-order valence-corrected chi connectivity index (χ1v) is 16.5. The van der Waals surface area contributed by atoms with E-state index in [0.717, 1.165) is 4.90 Å². The van der Waals surface area contributed by atoms with Crippen LogP contribution in [-0.4, -0.2) is 108 Å². The molecule has 17 nitrogen and oxygen atoms in total. The highest BCUT2D eigenvalue weighted by Gasteiger charge is 2.30. The van der Waals surface area contributed by atoms with Crippen LogP contribution in [0.25, 0.3) is 0 Å². The number of imide groups is 1. The Kier molecular flexibility index (Phi) is 16.1. The molecule has 1 saturated heterocycles. The molecule has 3 atom stereocenters. The maximum atomic E-state index is 13.5. The van der Waals surface area contributed by atoms with E-state index in [1.165, 1.54) is 44.2 Å². The number of nitrogens with one attached hydrogen (secondary N) is 4. The zero-order chi connectivity index (χ0) is 37.5. The second-order valence-electron chi connectivity index (χ2n) is 12.4. The van der Waals surface area contributed by atoms with Crippen LogP contribution in [0.3, 0.4) is 0 Å². The first-order chi connectivity index (χ1) is 23.6. The average molecular weight is 704 g/mol. The van der Waals surface area contributed by atoms with Crippen LogP contribution >= 0.6 is 0 Å². The molecule has 0 radical (unpaired) electrons. The molecule has 276 valence electrons. The number of anilines is 1. The number of hydrogen-bond acceptors (Lipinski definition) is 9. The van der Waals surface area contributed by atoms with Gasteiger partial charge in [0.1, 0.15) is 23.9 Å². The molecule has 1 heterocycles. The standard InChI is InChI=1S/C33H49N7O10/c1-19(2)28(38-25(41)11-7-6-8-17-40-26(42)14-15-27(40)43)30(45)37-23(10-9-16-35-33(34)49)29(44)36-22-13-12-21(18-24(22)50-5)31(46)39(4)20(3)32(47)48/h12-13,18-20,23,28H,6-11,14-17H2,1-5H3,(H,36,44)(H,37,45)(H,38,41)(H,47,48)(H3,34,35,49)/t20-,23-,28-/m0/s1. The average Bonchev–Trinajstić information content (AvgIpc) is 3.39. The third-order valence-electron chi connectivity index (χ3n) is 8.27. The lowest BCUT2D eigenvalue weighted by Gasteiger charge is -2.26. The van der Waals surface area contributed by atoms with Gasteiger partial charge in [0.15, 0.2) is 0 Å². The molecule has 50 heavy (non-hydrogen) atoms. The van der Waals surface area contributed by atoms with Gasteiger partial charge in [-0.15, -0.1) is 0 Å². The highest BCUT2D eigenvalue weighted by molar-refractivity contribution is 6.02. The zero-order valence-corrected chi connectivity index (χ0v) is 29.2. The van der Waals surface area contributed by atoms with Crippen LogP contribution in [0.4, 0.5) is 10.5 Å². The van der Waals surface area contributed by atoms with Crippen molar-refractivity contribution in [3.8, 4) is 5.75 Å². The Labute approximate surface area is 291 Å². The van der Waals surface area contributed by atoms with Gasteiger partial charge in [0.05, 0.1) is 12.8 Å². The number of urea groups is 1. The molecule has 1 aromatic rings. The molecule has 2 rings (SSSR count). The van der Waals surface area contributed by atoms with Crippen molar-refractivity contribution in [2.45, 2.75) is 90.3 Å². The van der Waals surface area contributed by atoms with Crippen molar-refractivity contribution >= 4 is 53.1 Å². The Bertz CT molecular complexity index is 1420. The summed E-state index contributed by atoms with van der Waals surface area (Å²) in [5, 5.41) is 19.8. The lowest BCUT2D eigenvalue weighted by atomic mass is 10.0. The van der Waals surface area contributed by atoms with E-state index in [1.54, 1.807) is 13.8 Å². The number of likely N-dealkylation sites (tertiary alicyclic amines) is 1. The Morgan fingerprint density at radius 1 is 0.960 bits per heavy atom. The molecule has 0 unspecified atom stereocenters. The number of rotatable bonds is 20. The minimum Gasteiger partial charge on any atom is -0.495 e. The SMILES string of the molecule is COc1cc(C(=O)N(C)[C@@H](C)C(=O)O)ccc1NC(=O)[C@H](CCCNC(N)=O)NC(=O)[C@@H](NC(=O)CCCCCN1C(=O)CCC1=O)C(C)C. The fourth-order valence-electron chi connectivity index (χ4n) is 5.13. The van der Waals surface area contributed by atoms with Gasteiger partial charge in [-0.05, 0) is 56.7 Å². The number of ether oxygens (including phenoxy) is 1. The normalized spacial score (nSPS) is 14.4. The first kappa shape index (κ1) is 41.0. The van der Waals surface area contributed by atoms with E-state index in [-0.39, 0.29) is 79.3 Å². The number of unbranched alkanes of at least 4 members (excludes halogenated alkanes) is 2. The number of carbonyl (C=O) groups is 8. The summed E-state index contributed by atoms with van der Waals surface area (Å²) in [5.41, 5.74) is 5.43. The summed E-state index contributed by atoms with van der Waals surface area (Å²) in [6.45, 7) is 5.28. The van der Waals surface area contributed by atoms with E-state index < -0.39 is 47.8 Å². The van der Waals surface area contributed by atoms with E-state index >= 15 is 0 Å². The van der Waals surface area contributed by atoms with E-state index in [4.69, 9.17) is 10.5 Å². The number of amides is 8. The summed E-state index contributed by atoms with van der Waals surface area (Å²) in [4.78, 5) is 101. The van der Waals surface area contributed by atoms with E-state index in [1.807, 2.05) is 0 Å². The summed E-state index contributed by atoms with van der Waals surface area (Å²) >= 11 is 0. The lowest BCUT2D eigenvalue weighted by Crippen LogP contribution is -2.54. The fourth-order valence-corrected chi connectivity index (χ4v) is 5.13. The summed E-state index contributed by atoms with van der Waals surface area (Å²) in [6, 6.07) is 0.208. The van der Waals surface area contributed by atoms with Crippen LogP contribution in [0.1, 0.15) is 82.5 Å². The summed E-state index contributed by atoms with van der Waals surface area (Å²) in [6.07, 6.45) is 2.54. The van der Waals surface area contributed by atoms with E-state index in [0.29, 0.717) is 25.8 Å². The Morgan fingerprint density at radius 3 is 2.20 bits per heavy atom. The molecular formula is C33H49N7O10. The minimum atomic E-state index is -1.18. The van der Waals surface area contributed by atoms with Crippen molar-refractivity contribution in [3.63, 3.8) is 0 Å². The number of benzene rings is 1. The number of hydrogen-bond donors (Lipinski definition) is 6. The number of aliphatic carboxylic acids is 1. The van der Waals surface area contributed by atoms with E-state index in [2.05, 4.69) is 21.3 Å². The minimum absolute atomic E-state index is 0.0788. The summed E-state index contributed by atoms with van der Waals surface area (Å²) in [5.74, 6) is -4.00. The second-order valence-corrected chi connectivity index (χ2v) is 12.4. The number of primary amides is 1. The van der Waals surface area contributed by atoms with Gasteiger partial charge < -0.3 is 41.7 Å². The van der Waals surface area contributed by atoms with Crippen molar-refractivity contribution < 1.29 is 48.2 Å². The van der Waals surface area contributed by atoms with Gasteiger partial charge in [-0.2, -0.15) is 0 Å². The quantitative estimate of drug-likeness (QED) is 0.0829. The number of nitrogens with zero attached hydrogens (tertiary/aromatic N) is 2. The molecule has 8 amide bonds. The van der Waals surface area contributed by atoms with Crippen molar-refractivity contribution in [3.05, 3.63) is 23.8 Å². The van der Waals surface area contributed by atoms with Crippen LogP contribution in [0.5, 0.6) is 5.75 Å². The molecular weight excluding hydrogens is 654 g/mol. The molecule has 1 aliphatic heterocycles. The predicted octanol–water partition coefficient (Wildman–Crippen LogP) is 0.962. The highest BCUT2D eigenvalue weighted by Crippen LogP contribution is 2.27. The molecule has 1 aromatic carbocycles. The van der Waals surface area contributed by atoms with Gasteiger partial charge >= 0.3 is 12.0 Å². The van der Waals surface area contributed by atoms with Crippen LogP contribution in [0.2, 0.25) is 0 Å². The predicted molar refractivity (Wildman–Crippen MR) is 181 cm³/mol. The molecule has 1 fully saturated rings. The van der Waals surface area contributed by atoms with Crippen molar-refractivity contribution in [2.75, 3.05) is 32.6 Å². The van der Waals surface area contributed by atoms with Gasteiger partial charge in [0, 0.05) is 45.0 Å². The maximum absolute atomic E-state index is 13.5. The number of likely N-dealkylation sites (N-methyl/N-ethyl adjacent to an activating group) is 1. The lowest BCUT2D eigenvalue weighted by molar-refractivity contribution is -0.141.